The smallest absolute Gasteiger partial charge is 0.298 e. The quantitative estimate of drug-likeness (QED) is 0.663. The molecule has 3 aromatic rings. The monoisotopic (exact) mass is 350 g/mol. The molecule has 24 heavy (non-hydrogen) atoms. The fourth-order valence-corrected chi connectivity index (χ4v) is 3.79. The van der Waals surface area contributed by atoms with Crippen LogP contribution >= 0.6 is 11.3 Å². The van der Waals surface area contributed by atoms with Gasteiger partial charge in [-0.1, -0.05) is 17.4 Å². The summed E-state index contributed by atoms with van der Waals surface area (Å²) in [5, 5.41) is 0. The van der Waals surface area contributed by atoms with E-state index in [1.54, 1.807) is 24.3 Å². The van der Waals surface area contributed by atoms with Gasteiger partial charge in [-0.3, -0.25) is 9.36 Å². The van der Waals surface area contributed by atoms with Gasteiger partial charge in [0.2, 0.25) is 5.95 Å². The molecule has 2 aromatic heterocycles. The van der Waals surface area contributed by atoms with E-state index < -0.39 is 17.8 Å². The normalized spacial score (nSPS) is 18.9. The largest absolute Gasteiger partial charge is 0.308 e. The lowest BCUT2D eigenvalue weighted by Crippen LogP contribution is -2.15. The zero-order valence-corrected chi connectivity index (χ0v) is 13.5. The number of benzene rings is 1. The van der Waals surface area contributed by atoms with E-state index in [0.29, 0.717) is 21.3 Å². The first-order valence-electron chi connectivity index (χ1n) is 7.49. The van der Waals surface area contributed by atoms with Crippen LogP contribution in [0.15, 0.2) is 35.3 Å². The van der Waals surface area contributed by atoms with Gasteiger partial charge in [-0.2, -0.15) is 4.39 Å². The van der Waals surface area contributed by atoms with E-state index in [0.717, 1.165) is 16.9 Å². The van der Waals surface area contributed by atoms with Gasteiger partial charge in [0.15, 0.2) is 0 Å². The lowest BCUT2D eigenvalue weighted by molar-refractivity contribution is 0.0953. The van der Waals surface area contributed by atoms with Crippen LogP contribution in [-0.4, -0.2) is 15.5 Å². The molecule has 2 heterocycles. The van der Waals surface area contributed by atoms with Crippen molar-refractivity contribution in [2.24, 2.45) is 5.92 Å². The Morgan fingerprint density at radius 2 is 2.12 bits per heavy atom. The zero-order chi connectivity index (χ0) is 17.1. The van der Waals surface area contributed by atoms with Crippen LogP contribution < -0.4 is 4.87 Å². The summed E-state index contributed by atoms with van der Waals surface area (Å²) in [6.07, 6.45) is 1.27. The summed E-state index contributed by atoms with van der Waals surface area (Å²) < 4.78 is 42.2. The first-order valence-corrected chi connectivity index (χ1v) is 8.30. The molecule has 1 aliphatic rings. The van der Waals surface area contributed by atoms with Crippen LogP contribution in [0.4, 0.5) is 13.2 Å². The Morgan fingerprint density at radius 3 is 2.83 bits per heavy atom. The third-order valence-electron chi connectivity index (χ3n) is 4.31. The predicted molar refractivity (Wildman–Crippen MR) is 87.1 cm³/mol. The Morgan fingerprint density at radius 1 is 1.38 bits per heavy atom. The van der Waals surface area contributed by atoms with E-state index >= 15 is 0 Å². The fourth-order valence-electron chi connectivity index (χ4n) is 2.85. The van der Waals surface area contributed by atoms with E-state index in [1.165, 1.54) is 10.8 Å². The Kier molecular flexibility index (Phi) is 3.32. The fraction of sp³-hybridized carbons (Fsp3) is 0.294. The summed E-state index contributed by atoms with van der Waals surface area (Å²) >= 11 is 0.987. The molecular weight excluding hydrogens is 337 g/mol. The lowest BCUT2D eigenvalue weighted by Gasteiger charge is -2.06. The van der Waals surface area contributed by atoms with Crippen LogP contribution in [0.2, 0.25) is 0 Å². The van der Waals surface area contributed by atoms with Gasteiger partial charge in [-0.15, -0.1) is 0 Å². The van der Waals surface area contributed by atoms with Crippen molar-refractivity contribution >= 4 is 21.6 Å². The Balaban J connectivity index is 1.77. The van der Waals surface area contributed by atoms with E-state index in [9.17, 15) is 18.0 Å². The van der Waals surface area contributed by atoms with Crippen LogP contribution in [0.5, 0.6) is 0 Å². The number of halogens is 3. The van der Waals surface area contributed by atoms with Gasteiger partial charge in [-0.05, 0) is 36.2 Å². The first kappa shape index (κ1) is 15.4. The van der Waals surface area contributed by atoms with Crippen molar-refractivity contribution in [3.8, 4) is 11.1 Å². The number of rotatable bonds is 3. The first-order chi connectivity index (χ1) is 11.3. The molecule has 0 aliphatic heterocycles. The van der Waals surface area contributed by atoms with Crippen molar-refractivity contribution in [3.05, 3.63) is 51.6 Å². The minimum atomic E-state index is -2.66. The molecule has 7 heteroatoms. The standard InChI is InChI=1S/C17H13F3N2OS/c1-9-4-12(15(18)21-7-9)10-2-3-13-14(5-10)24-16(23)22(13)8-11-6-17(11,19)20/h2-5,7,11H,6,8H2,1H3. The van der Waals surface area contributed by atoms with Gasteiger partial charge in [0.05, 0.1) is 10.2 Å². The van der Waals surface area contributed by atoms with Crippen molar-refractivity contribution in [2.45, 2.75) is 25.8 Å². The maximum absolute atomic E-state index is 13.9. The topological polar surface area (TPSA) is 34.9 Å². The van der Waals surface area contributed by atoms with Crippen LogP contribution in [0, 0.1) is 18.8 Å². The number of alkyl halides is 2. The molecule has 4 rings (SSSR count). The maximum Gasteiger partial charge on any atom is 0.308 e. The number of pyridine rings is 1. The molecule has 1 fully saturated rings. The molecule has 1 unspecified atom stereocenters. The zero-order valence-electron chi connectivity index (χ0n) is 12.7. The Labute approximate surface area is 139 Å². The van der Waals surface area contributed by atoms with Gasteiger partial charge < -0.3 is 0 Å². The van der Waals surface area contributed by atoms with Crippen molar-refractivity contribution < 1.29 is 13.2 Å². The second kappa shape index (κ2) is 5.17. The Bertz CT molecular complexity index is 1010. The summed E-state index contributed by atoms with van der Waals surface area (Å²) in [6.45, 7) is 1.84. The minimum Gasteiger partial charge on any atom is -0.298 e. The molecule has 0 radical (unpaired) electrons. The number of aromatic nitrogens is 2. The van der Waals surface area contributed by atoms with Gasteiger partial charge in [0, 0.05) is 30.6 Å². The third-order valence-corrected chi connectivity index (χ3v) is 5.26. The molecule has 124 valence electrons. The molecule has 0 N–H and O–H groups in total. The molecule has 1 saturated carbocycles. The molecule has 0 spiro atoms. The number of hydrogen-bond acceptors (Lipinski definition) is 3. The molecule has 0 bridgehead atoms. The van der Waals surface area contributed by atoms with Crippen LogP contribution in [-0.2, 0) is 6.54 Å². The third kappa shape index (κ3) is 2.53. The second-order valence-electron chi connectivity index (χ2n) is 6.17. The van der Waals surface area contributed by atoms with Gasteiger partial charge in [0.25, 0.3) is 5.92 Å². The number of hydrogen-bond donors (Lipinski definition) is 0. The number of fused-ring (bicyclic) bond motifs is 1. The number of thiazole rings is 1. The average Bonchev–Trinajstić information content (AvgIpc) is 3.01. The van der Waals surface area contributed by atoms with Crippen molar-refractivity contribution in [2.75, 3.05) is 0 Å². The average molecular weight is 350 g/mol. The maximum atomic E-state index is 13.9. The van der Waals surface area contributed by atoms with E-state index in [2.05, 4.69) is 4.98 Å². The summed E-state index contributed by atoms with van der Waals surface area (Å²) in [5.74, 6) is -4.01. The minimum absolute atomic E-state index is 0.0194. The van der Waals surface area contributed by atoms with E-state index in [4.69, 9.17) is 0 Å². The molecule has 1 atom stereocenters. The van der Waals surface area contributed by atoms with Gasteiger partial charge >= 0.3 is 4.87 Å². The van der Waals surface area contributed by atoms with Gasteiger partial charge in [0.1, 0.15) is 0 Å². The second-order valence-corrected chi connectivity index (χ2v) is 7.17. The van der Waals surface area contributed by atoms with Crippen molar-refractivity contribution in [1.82, 2.24) is 9.55 Å². The molecular formula is C17H13F3N2OS. The Hall–Kier alpha value is -2.15. The predicted octanol–water partition coefficient (Wildman–Crippen LogP) is 4.23. The number of aryl methyl sites for hydroxylation is 1. The summed E-state index contributed by atoms with van der Waals surface area (Å²) in [4.78, 5) is 15.6. The van der Waals surface area contributed by atoms with E-state index in [1.807, 2.05) is 6.92 Å². The van der Waals surface area contributed by atoms with Crippen LogP contribution in [0.3, 0.4) is 0 Å². The van der Waals surface area contributed by atoms with Gasteiger partial charge in [-0.25, -0.2) is 13.8 Å². The van der Waals surface area contributed by atoms with Crippen molar-refractivity contribution in [3.63, 3.8) is 0 Å². The highest BCUT2D eigenvalue weighted by molar-refractivity contribution is 7.16. The SMILES string of the molecule is Cc1cnc(F)c(-c2ccc3c(c2)sc(=O)n3CC2CC2(F)F)c1. The number of nitrogens with zero attached hydrogens (tertiary/aromatic N) is 2. The van der Waals surface area contributed by atoms with Crippen molar-refractivity contribution in [1.29, 1.82) is 0 Å². The molecule has 3 nitrogen and oxygen atoms in total. The highest BCUT2D eigenvalue weighted by Gasteiger charge is 2.56. The molecule has 1 aliphatic carbocycles. The summed E-state index contributed by atoms with van der Waals surface area (Å²) in [5.41, 5.74) is 2.41. The molecule has 0 amide bonds. The molecule has 1 aromatic carbocycles. The van der Waals surface area contributed by atoms with Crippen LogP contribution in [0.25, 0.3) is 21.3 Å². The van der Waals surface area contributed by atoms with Crippen LogP contribution in [0.1, 0.15) is 12.0 Å². The highest BCUT2D eigenvalue weighted by atomic mass is 32.1. The summed E-state index contributed by atoms with van der Waals surface area (Å²) in [7, 11) is 0. The lowest BCUT2D eigenvalue weighted by atomic mass is 10.1. The summed E-state index contributed by atoms with van der Waals surface area (Å²) in [6, 6.07) is 6.77. The molecule has 0 saturated heterocycles. The highest BCUT2D eigenvalue weighted by Crippen LogP contribution is 2.49. The van der Waals surface area contributed by atoms with E-state index in [-0.39, 0.29) is 17.8 Å².